The van der Waals surface area contributed by atoms with Crippen molar-refractivity contribution in [3.63, 3.8) is 0 Å². The van der Waals surface area contributed by atoms with Gasteiger partial charge in [-0.25, -0.2) is 13.8 Å². The van der Waals surface area contributed by atoms with E-state index in [2.05, 4.69) is 0 Å². The highest BCUT2D eigenvalue weighted by Gasteiger charge is 2.18. The number of anilines is 1. The second kappa shape index (κ2) is 5.98. The number of hydrogen-bond donors (Lipinski definition) is 1. The number of fused-ring (bicyclic) bond motifs is 1. The van der Waals surface area contributed by atoms with Crippen LogP contribution in [-0.2, 0) is 11.0 Å². The first-order valence-electron chi connectivity index (χ1n) is 6.49. The van der Waals surface area contributed by atoms with Gasteiger partial charge in [0.25, 0.3) is 0 Å². The van der Waals surface area contributed by atoms with Gasteiger partial charge in [-0.05, 0) is 18.2 Å². The number of carboxylic acid groups (broad SMARTS) is 1. The van der Waals surface area contributed by atoms with E-state index >= 15 is 0 Å². The second-order valence-corrected chi connectivity index (χ2v) is 7.21. The molecule has 0 aliphatic carbocycles. The Hall–Kier alpha value is -2.45. The average molecular weight is 349 g/mol. The third-order valence-electron chi connectivity index (χ3n) is 3.14. The van der Waals surface area contributed by atoms with E-state index in [1.165, 1.54) is 17.4 Å². The lowest BCUT2D eigenvalue weighted by atomic mass is 10.3. The molecule has 3 aromatic rings. The van der Waals surface area contributed by atoms with Crippen LogP contribution < -0.4 is 9.93 Å². The zero-order valence-corrected chi connectivity index (χ0v) is 13.5. The summed E-state index contributed by atoms with van der Waals surface area (Å²) in [5.41, 5.74) is -1.05. The minimum atomic E-state index is -1.42. The van der Waals surface area contributed by atoms with Crippen molar-refractivity contribution in [2.24, 2.45) is 0 Å². The van der Waals surface area contributed by atoms with Crippen molar-refractivity contribution in [1.82, 2.24) is 0 Å². The number of rotatable bonds is 4. The van der Waals surface area contributed by atoms with Crippen molar-refractivity contribution in [1.29, 1.82) is 0 Å². The number of carboxylic acids is 1. The SMILES string of the molecule is CN(c1cc2oc(=O)c(C(=O)O)cc2s1)S(=O)c1ccccc1. The Labute approximate surface area is 137 Å². The summed E-state index contributed by atoms with van der Waals surface area (Å²) in [7, 11) is 0.239. The highest BCUT2D eigenvalue weighted by atomic mass is 32.2. The van der Waals surface area contributed by atoms with Gasteiger partial charge < -0.3 is 9.52 Å². The Kier molecular flexibility index (Phi) is 4.01. The normalized spacial score (nSPS) is 12.2. The molecular weight excluding hydrogens is 338 g/mol. The molecule has 1 N–H and O–H groups in total. The molecule has 0 radical (unpaired) electrons. The zero-order valence-electron chi connectivity index (χ0n) is 11.9. The number of benzene rings is 1. The quantitative estimate of drug-likeness (QED) is 0.782. The maximum absolute atomic E-state index is 12.5. The molecular formula is C15H11NO5S2. The predicted molar refractivity (Wildman–Crippen MR) is 88.6 cm³/mol. The van der Waals surface area contributed by atoms with Crippen LogP contribution in [0.25, 0.3) is 10.3 Å². The average Bonchev–Trinajstić information content (AvgIpc) is 2.96. The molecule has 1 unspecified atom stereocenters. The standard InChI is InChI=1S/C15H11NO5S2/c1-16(23(20)9-5-3-2-4-6-9)13-8-11-12(22-13)7-10(14(17)18)15(19)21-11/h2-8H,1H3,(H,17,18). The molecule has 2 aromatic heterocycles. The topological polar surface area (TPSA) is 87.8 Å². The summed E-state index contributed by atoms with van der Waals surface area (Å²) in [6, 6.07) is 11.8. The van der Waals surface area contributed by atoms with Gasteiger partial charge in [0.1, 0.15) is 10.6 Å². The Morgan fingerprint density at radius 1 is 1.26 bits per heavy atom. The molecule has 2 heterocycles. The number of carbonyl (C=O) groups is 1. The first kappa shape index (κ1) is 15.4. The maximum atomic E-state index is 12.5. The zero-order chi connectivity index (χ0) is 16.6. The summed E-state index contributed by atoms with van der Waals surface area (Å²) in [4.78, 5) is 23.2. The largest absolute Gasteiger partial charge is 0.477 e. The third-order valence-corrected chi connectivity index (χ3v) is 5.77. The summed E-state index contributed by atoms with van der Waals surface area (Å²) in [5, 5.41) is 9.57. The fourth-order valence-electron chi connectivity index (χ4n) is 1.98. The van der Waals surface area contributed by atoms with Gasteiger partial charge in [0.05, 0.1) is 9.60 Å². The van der Waals surface area contributed by atoms with Crippen LogP contribution in [0.3, 0.4) is 0 Å². The van der Waals surface area contributed by atoms with Crippen molar-refractivity contribution in [2.75, 3.05) is 11.4 Å². The van der Waals surface area contributed by atoms with E-state index in [0.717, 1.165) is 0 Å². The van der Waals surface area contributed by atoms with Crippen LogP contribution in [0.2, 0.25) is 0 Å². The van der Waals surface area contributed by atoms with Crippen molar-refractivity contribution >= 4 is 43.6 Å². The Morgan fingerprint density at radius 3 is 2.61 bits per heavy atom. The highest BCUT2D eigenvalue weighted by molar-refractivity contribution is 7.86. The molecule has 1 aromatic carbocycles. The van der Waals surface area contributed by atoms with Crippen LogP contribution in [0.15, 0.2) is 56.6 Å². The van der Waals surface area contributed by atoms with Crippen LogP contribution in [0, 0.1) is 0 Å². The van der Waals surface area contributed by atoms with Crippen LogP contribution in [-0.4, -0.2) is 22.3 Å². The van der Waals surface area contributed by atoms with Crippen molar-refractivity contribution < 1.29 is 18.5 Å². The monoisotopic (exact) mass is 349 g/mol. The fourth-order valence-corrected chi connectivity index (χ4v) is 4.12. The summed E-state index contributed by atoms with van der Waals surface area (Å²) in [6.07, 6.45) is 0. The molecule has 23 heavy (non-hydrogen) atoms. The molecule has 0 spiro atoms. The van der Waals surface area contributed by atoms with Crippen LogP contribution in [0.4, 0.5) is 5.00 Å². The lowest BCUT2D eigenvalue weighted by Crippen LogP contribution is -2.19. The van der Waals surface area contributed by atoms with Gasteiger partial charge in [0.2, 0.25) is 0 Å². The maximum Gasteiger partial charge on any atom is 0.351 e. The predicted octanol–water partition coefficient (Wildman–Crippen LogP) is 2.71. The molecule has 1 atom stereocenters. The van der Waals surface area contributed by atoms with E-state index in [0.29, 0.717) is 14.6 Å². The fraction of sp³-hybridized carbons (Fsp3) is 0.0667. The van der Waals surface area contributed by atoms with Gasteiger partial charge in [0, 0.05) is 13.1 Å². The molecule has 0 fully saturated rings. The first-order valence-corrected chi connectivity index (χ1v) is 8.41. The lowest BCUT2D eigenvalue weighted by Gasteiger charge is -2.15. The Morgan fingerprint density at radius 2 is 1.96 bits per heavy atom. The second-order valence-electron chi connectivity index (χ2n) is 4.63. The summed E-state index contributed by atoms with van der Waals surface area (Å²) in [5.74, 6) is -1.34. The molecule has 3 rings (SSSR count). The third kappa shape index (κ3) is 2.90. The van der Waals surface area contributed by atoms with E-state index < -0.39 is 28.1 Å². The molecule has 0 aliphatic rings. The van der Waals surface area contributed by atoms with Gasteiger partial charge >= 0.3 is 11.6 Å². The molecule has 0 amide bonds. The molecule has 118 valence electrons. The van der Waals surface area contributed by atoms with Gasteiger partial charge in [-0.1, -0.05) is 18.2 Å². The summed E-state index contributed by atoms with van der Waals surface area (Å²) in [6.45, 7) is 0. The number of aromatic carboxylic acids is 1. The molecule has 8 heteroatoms. The molecule has 0 bridgehead atoms. The molecule has 0 aliphatic heterocycles. The van der Waals surface area contributed by atoms with Gasteiger partial charge in [0.15, 0.2) is 16.6 Å². The van der Waals surface area contributed by atoms with Crippen LogP contribution in [0.1, 0.15) is 10.4 Å². The van der Waals surface area contributed by atoms with E-state index in [1.54, 1.807) is 41.7 Å². The minimum absolute atomic E-state index is 0.275. The Balaban J connectivity index is 2.02. The van der Waals surface area contributed by atoms with Gasteiger partial charge in [-0.15, -0.1) is 11.3 Å². The van der Waals surface area contributed by atoms with E-state index in [9.17, 15) is 13.8 Å². The highest BCUT2D eigenvalue weighted by Crippen LogP contribution is 2.33. The number of nitrogens with zero attached hydrogens (tertiary/aromatic N) is 1. The number of thiophene rings is 1. The van der Waals surface area contributed by atoms with E-state index in [-0.39, 0.29) is 5.58 Å². The summed E-state index contributed by atoms with van der Waals surface area (Å²) < 4.78 is 19.6. The van der Waals surface area contributed by atoms with Gasteiger partial charge in [-0.2, -0.15) is 0 Å². The van der Waals surface area contributed by atoms with Crippen molar-refractivity contribution in [2.45, 2.75) is 4.90 Å². The Bertz CT molecular complexity index is 961. The van der Waals surface area contributed by atoms with E-state index in [4.69, 9.17) is 9.52 Å². The first-order chi connectivity index (χ1) is 11.0. The van der Waals surface area contributed by atoms with Crippen LogP contribution >= 0.6 is 11.3 Å². The smallest absolute Gasteiger partial charge is 0.351 e. The number of hydrogen-bond acceptors (Lipinski definition) is 5. The van der Waals surface area contributed by atoms with Crippen molar-refractivity contribution in [3.05, 3.63) is 58.4 Å². The molecule has 0 saturated carbocycles. The summed E-state index contributed by atoms with van der Waals surface area (Å²) >= 11 is 1.21. The lowest BCUT2D eigenvalue weighted by molar-refractivity contribution is 0.0692. The van der Waals surface area contributed by atoms with Crippen LogP contribution in [0.5, 0.6) is 0 Å². The van der Waals surface area contributed by atoms with Gasteiger partial charge in [-0.3, -0.25) is 4.31 Å². The van der Waals surface area contributed by atoms with E-state index in [1.807, 2.05) is 6.07 Å². The molecule has 0 saturated heterocycles. The van der Waals surface area contributed by atoms with Crippen molar-refractivity contribution in [3.8, 4) is 0 Å². The molecule has 6 nitrogen and oxygen atoms in total. The minimum Gasteiger partial charge on any atom is -0.477 e.